The van der Waals surface area contributed by atoms with Gasteiger partial charge in [-0.3, -0.25) is 4.79 Å². The van der Waals surface area contributed by atoms with Crippen LogP contribution < -0.4 is 5.32 Å². The van der Waals surface area contributed by atoms with Gasteiger partial charge in [0.2, 0.25) is 5.91 Å². The van der Waals surface area contributed by atoms with Gasteiger partial charge >= 0.3 is 0 Å². The first-order chi connectivity index (χ1) is 10.3. The van der Waals surface area contributed by atoms with Crippen LogP contribution in [0.25, 0.3) is 0 Å². The molecule has 3 rings (SSSR count). The molecular weight excluding hydrogens is 262 g/mol. The highest BCUT2D eigenvalue weighted by molar-refractivity contribution is 5.79. The second-order valence-corrected chi connectivity index (χ2v) is 5.73. The first-order valence-electron chi connectivity index (χ1n) is 7.58. The number of aromatic nitrogens is 2. The molecule has 1 amide bonds. The molecular formula is C17H21N3O. The van der Waals surface area contributed by atoms with Crippen molar-refractivity contribution < 1.29 is 4.79 Å². The molecule has 21 heavy (non-hydrogen) atoms. The van der Waals surface area contributed by atoms with Gasteiger partial charge in [-0.1, -0.05) is 43.2 Å². The summed E-state index contributed by atoms with van der Waals surface area (Å²) in [5.74, 6) is 1.19. The van der Waals surface area contributed by atoms with E-state index in [0.29, 0.717) is 0 Å². The molecule has 1 heterocycles. The Bertz CT molecular complexity index is 600. The molecule has 110 valence electrons. The van der Waals surface area contributed by atoms with Gasteiger partial charge in [-0.25, -0.2) is 4.98 Å². The van der Waals surface area contributed by atoms with E-state index in [1.807, 2.05) is 48.1 Å². The van der Waals surface area contributed by atoms with Crippen molar-refractivity contribution in [3.05, 3.63) is 54.1 Å². The third kappa shape index (κ3) is 2.99. The highest BCUT2D eigenvalue weighted by atomic mass is 16.2. The molecule has 1 unspecified atom stereocenters. The number of benzene rings is 1. The van der Waals surface area contributed by atoms with Crippen molar-refractivity contribution in [3.63, 3.8) is 0 Å². The molecule has 1 aromatic heterocycles. The van der Waals surface area contributed by atoms with Gasteiger partial charge in [0.25, 0.3) is 0 Å². The number of hydrogen-bond acceptors (Lipinski definition) is 2. The second kappa shape index (κ2) is 6.12. The maximum Gasteiger partial charge on any atom is 0.223 e. The average molecular weight is 283 g/mol. The van der Waals surface area contributed by atoms with Gasteiger partial charge in [-0.05, 0) is 18.4 Å². The zero-order chi connectivity index (χ0) is 14.7. The monoisotopic (exact) mass is 283 g/mol. The van der Waals surface area contributed by atoms with Crippen molar-refractivity contribution >= 4 is 5.91 Å². The lowest BCUT2D eigenvalue weighted by atomic mass is 10.0. The van der Waals surface area contributed by atoms with Crippen LogP contribution >= 0.6 is 0 Å². The summed E-state index contributed by atoms with van der Waals surface area (Å²) in [6, 6.07) is 9.86. The number of hydrogen-bond donors (Lipinski definition) is 1. The van der Waals surface area contributed by atoms with Crippen LogP contribution in [0.4, 0.5) is 0 Å². The topological polar surface area (TPSA) is 46.9 Å². The summed E-state index contributed by atoms with van der Waals surface area (Å²) in [6.45, 7) is 0. The van der Waals surface area contributed by atoms with E-state index in [4.69, 9.17) is 0 Å². The summed E-state index contributed by atoms with van der Waals surface area (Å²) in [7, 11) is 1.96. The minimum absolute atomic E-state index is 0.157. The number of rotatable bonds is 4. The van der Waals surface area contributed by atoms with E-state index < -0.39 is 0 Å². The fourth-order valence-corrected chi connectivity index (χ4v) is 3.05. The fraction of sp³-hybridized carbons (Fsp3) is 0.412. The summed E-state index contributed by atoms with van der Waals surface area (Å²) >= 11 is 0. The molecule has 1 aliphatic rings. The van der Waals surface area contributed by atoms with Crippen molar-refractivity contribution in [1.29, 1.82) is 0 Å². The van der Waals surface area contributed by atoms with Gasteiger partial charge in [0.1, 0.15) is 11.9 Å². The lowest BCUT2D eigenvalue weighted by Crippen LogP contribution is -2.34. The number of carbonyl (C=O) groups excluding carboxylic acids is 1. The number of nitrogens with one attached hydrogen (secondary N) is 1. The zero-order valence-corrected chi connectivity index (χ0v) is 12.3. The highest BCUT2D eigenvalue weighted by Gasteiger charge is 2.27. The van der Waals surface area contributed by atoms with Gasteiger partial charge in [0.05, 0.1) is 0 Å². The van der Waals surface area contributed by atoms with E-state index in [2.05, 4.69) is 10.3 Å². The van der Waals surface area contributed by atoms with Gasteiger partial charge in [-0.15, -0.1) is 0 Å². The Morgan fingerprint density at radius 1 is 1.29 bits per heavy atom. The SMILES string of the molecule is Cn1ccnc1C(NC(=O)C1CCCC1)c1ccccc1. The molecule has 0 saturated heterocycles. The summed E-state index contributed by atoms with van der Waals surface area (Å²) in [6.07, 6.45) is 8.02. The third-order valence-electron chi connectivity index (χ3n) is 4.26. The van der Waals surface area contributed by atoms with Gasteiger partial charge < -0.3 is 9.88 Å². The molecule has 1 N–H and O–H groups in total. The predicted octanol–water partition coefficient (Wildman–Crippen LogP) is 2.82. The number of amides is 1. The molecule has 1 saturated carbocycles. The average Bonchev–Trinajstić information content (AvgIpc) is 3.17. The van der Waals surface area contributed by atoms with E-state index in [1.165, 1.54) is 0 Å². The maximum absolute atomic E-state index is 12.5. The predicted molar refractivity (Wildman–Crippen MR) is 81.6 cm³/mol. The molecule has 1 aliphatic carbocycles. The summed E-state index contributed by atoms with van der Waals surface area (Å²) < 4.78 is 1.96. The highest BCUT2D eigenvalue weighted by Crippen LogP contribution is 2.27. The van der Waals surface area contributed by atoms with Crippen molar-refractivity contribution in [2.45, 2.75) is 31.7 Å². The standard InChI is InChI=1S/C17H21N3O/c1-20-12-11-18-16(20)15(13-7-3-2-4-8-13)19-17(21)14-9-5-6-10-14/h2-4,7-8,11-12,14-15H,5-6,9-10H2,1H3,(H,19,21). The lowest BCUT2D eigenvalue weighted by Gasteiger charge is -2.21. The summed E-state index contributed by atoms with van der Waals surface area (Å²) in [5.41, 5.74) is 1.07. The minimum atomic E-state index is -0.181. The number of carbonyl (C=O) groups is 1. The maximum atomic E-state index is 12.5. The quantitative estimate of drug-likeness (QED) is 0.938. The number of imidazole rings is 1. The molecule has 0 bridgehead atoms. The first kappa shape index (κ1) is 13.9. The molecule has 4 nitrogen and oxygen atoms in total. The van der Waals surface area contributed by atoms with Crippen molar-refractivity contribution in [2.24, 2.45) is 13.0 Å². The van der Waals surface area contributed by atoms with Crippen LogP contribution in [0.15, 0.2) is 42.7 Å². The Balaban J connectivity index is 1.86. The van der Waals surface area contributed by atoms with Gasteiger partial charge in [0.15, 0.2) is 0 Å². The Labute approximate surface area is 125 Å². The van der Waals surface area contributed by atoms with Crippen molar-refractivity contribution in [2.75, 3.05) is 0 Å². The largest absolute Gasteiger partial charge is 0.342 e. The molecule has 1 aromatic carbocycles. The smallest absolute Gasteiger partial charge is 0.223 e. The van der Waals surface area contributed by atoms with E-state index in [1.54, 1.807) is 6.20 Å². The fourth-order valence-electron chi connectivity index (χ4n) is 3.05. The van der Waals surface area contributed by atoms with Crippen LogP contribution in [-0.4, -0.2) is 15.5 Å². The molecule has 1 fully saturated rings. The molecule has 0 aliphatic heterocycles. The van der Waals surface area contributed by atoms with Crippen LogP contribution in [0.1, 0.15) is 43.1 Å². The van der Waals surface area contributed by atoms with Crippen LogP contribution in [0.2, 0.25) is 0 Å². The Morgan fingerprint density at radius 2 is 2.00 bits per heavy atom. The van der Waals surface area contributed by atoms with E-state index >= 15 is 0 Å². The molecule has 1 atom stereocenters. The van der Waals surface area contributed by atoms with E-state index in [-0.39, 0.29) is 17.9 Å². The number of nitrogens with zero attached hydrogens (tertiary/aromatic N) is 2. The normalized spacial score (nSPS) is 16.8. The minimum Gasteiger partial charge on any atom is -0.342 e. The van der Waals surface area contributed by atoms with Gasteiger partial charge in [0, 0.05) is 25.4 Å². The Kier molecular flexibility index (Phi) is 4.04. The molecule has 4 heteroatoms. The molecule has 0 spiro atoms. The second-order valence-electron chi connectivity index (χ2n) is 5.73. The Hall–Kier alpha value is -2.10. The van der Waals surface area contributed by atoms with E-state index in [9.17, 15) is 4.79 Å². The van der Waals surface area contributed by atoms with E-state index in [0.717, 1.165) is 37.1 Å². The number of aryl methyl sites for hydroxylation is 1. The molecule has 2 aromatic rings. The van der Waals surface area contributed by atoms with Crippen LogP contribution in [-0.2, 0) is 11.8 Å². The van der Waals surface area contributed by atoms with Crippen LogP contribution in [0.5, 0.6) is 0 Å². The summed E-state index contributed by atoms with van der Waals surface area (Å²) in [5, 5.41) is 3.20. The first-order valence-corrected chi connectivity index (χ1v) is 7.58. The van der Waals surface area contributed by atoms with Crippen LogP contribution in [0.3, 0.4) is 0 Å². The van der Waals surface area contributed by atoms with Crippen molar-refractivity contribution in [3.8, 4) is 0 Å². The van der Waals surface area contributed by atoms with Crippen LogP contribution in [0, 0.1) is 5.92 Å². The lowest BCUT2D eigenvalue weighted by molar-refractivity contribution is -0.125. The van der Waals surface area contributed by atoms with Crippen molar-refractivity contribution in [1.82, 2.24) is 14.9 Å². The molecule has 0 radical (unpaired) electrons. The third-order valence-corrected chi connectivity index (χ3v) is 4.26. The van der Waals surface area contributed by atoms with Gasteiger partial charge in [-0.2, -0.15) is 0 Å². The zero-order valence-electron chi connectivity index (χ0n) is 12.3. The Morgan fingerprint density at radius 3 is 2.62 bits per heavy atom. The summed E-state index contributed by atoms with van der Waals surface area (Å²) in [4.78, 5) is 16.9.